The molecule has 4 nitrogen and oxygen atoms in total. The van der Waals surface area contributed by atoms with Gasteiger partial charge in [0.25, 0.3) is 0 Å². The van der Waals surface area contributed by atoms with Crippen molar-refractivity contribution in [3.8, 4) is 5.75 Å². The third-order valence-corrected chi connectivity index (χ3v) is 2.76. The molecule has 1 aromatic carbocycles. The van der Waals surface area contributed by atoms with Crippen LogP contribution in [-0.2, 0) is 4.79 Å². The van der Waals surface area contributed by atoms with Gasteiger partial charge in [-0.05, 0) is 31.0 Å². The summed E-state index contributed by atoms with van der Waals surface area (Å²) in [5.74, 6) is -1.03. The van der Waals surface area contributed by atoms with Crippen molar-refractivity contribution in [2.24, 2.45) is 0 Å². The van der Waals surface area contributed by atoms with Gasteiger partial charge in [-0.3, -0.25) is 0 Å². The molecule has 20 heavy (non-hydrogen) atoms. The Morgan fingerprint density at radius 2 is 1.85 bits per heavy atom. The van der Waals surface area contributed by atoms with Crippen molar-refractivity contribution in [3.63, 3.8) is 0 Å². The molecular weight excluding hydrogens is 301 g/mol. The molecule has 0 aliphatic carbocycles. The lowest BCUT2D eigenvalue weighted by Crippen LogP contribution is -2.84. The highest BCUT2D eigenvalue weighted by Crippen LogP contribution is 2.27. The second kappa shape index (κ2) is 11.8. The van der Waals surface area contributed by atoms with Crippen molar-refractivity contribution in [2.75, 3.05) is 19.7 Å². The summed E-state index contributed by atoms with van der Waals surface area (Å²) in [5.41, 5.74) is 0. The van der Waals surface area contributed by atoms with E-state index in [2.05, 4.69) is 19.2 Å². The van der Waals surface area contributed by atoms with Crippen LogP contribution in [0, 0.1) is 0 Å². The summed E-state index contributed by atoms with van der Waals surface area (Å²) in [6, 6.07) is 4.51. The first-order valence-corrected chi connectivity index (χ1v) is 7.36. The number of rotatable bonds is 7. The maximum atomic E-state index is 10.0. The summed E-state index contributed by atoms with van der Waals surface area (Å²) in [6.07, 6.45) is 2.61. The molecule has 0 aliphatic rings. The van der Waals surface area contributed by atoms with E-state index in [1.54, 1.807) is 6.07 Å². The van der Waals surface area contributed by atoms with Crippen molar-refractivity contribution in [3.05, 3.63) is 28.2 Å². The van der Waals surface area contributed by atoms with Crippen molar-refractivity contribution < 1.29 is 20.0 Å². The fraction of sp³-hybridized carbons (Fsp3) is 0.500. The van der Waals surface area contributed by atoms with Crippen LogP contribution in [0.2, 0.25) is 10.0 Å². The normalized spacial score (nSPS) is 9.60. The topological polar surface area (TPSA) is 66.0 Å². The Kier molecular flexibility index (Phi) is 11.3. The number of hydrogen-bond acceptors (Lipinski definition) is 3. The number of nitrogens with two attached hydrogens (primary N) is 1. The van der Waals surface area contributed by atoms with Crippen LogP contribution in [-0.4, -0.2) is 25.7 Å². The number of carbonyl (C=O) groups is 1. The number of hydrogen-bond donors (Lipinski definition) is 1. The lowest BCUT2D eigenvalue weighted by atomic mass is 10.3. The van der Waals surface area contributed by atoms with E-state index in [0.29, 0.717) is 5.02 Å². The number of carbonyl (C=O) groups excluding carboxylic acids is 1. The standard InChI is InChI=1S/C8H6Cl2O3.C6H15N/c9-5-1-2-7(6(10)3-5)13-4-8(11)12;1-3-5-7-6-4-2/h1-3H,4H2,(H,11,12);7H,3-6H2,1-2H3. The minimum atomic E-state index is -1.30. The van der Waals surface area contributed by atoms with Crippen molar-refractivity contribution in [2.45, 2.75) is 26.7 Å². The maximum absolute atomic E-state index is 10.0. The maximum Gasteiger partial charge on any atom is 0.138 e. The van der Waals surface area contributed by atoms with Gasteiger partial charge in [0.1, 0.15) is 12.4 Å². The first kappa shape index (κ1) is 19.0. The molecule has 0 aliphatic heterocycles. The predicted octanol–water partition coefficient (Wildman–Crippen LogP) is 1.49. The van der Waals surface area contributed by atoms with E-state index in [1.807, 2.05) is 0 Å². The van der Waals surface area contributed by atoms with Gasteiger partial charge in [0, 0.05) is 5.02 Å². The Labute approximate surface area is 130 Å². The molecule has 1 rings (SSSR count). The minimum absolute atomic E-state index is 0.272. The number of ether oxygens (including phenoxy) is 1. The fourth-order valence-electron chi connectivity index (χ4n) is 1.28. The lowest BCUT2D eigenvalue weighted by molar-refractivity contribution is -0.654. The fourth-order valence-corrected chi connectivity index (χ4v) is 1.74. The van der Waals surface area contributed by atoms with E-state index >= 15 is 0 Å². The van der Waals surface area contributed by atoms with E-state index in [4.69, 9.17) is 27.9 Å². The molecule has 6 heteroatoms. The molecule has 0 saturated carbocycles. The van der Waals surface area contributed by atoms with Crippen molar-refractivity contribution >= 4 is 29.2 Å². The van der Waals surface area contributed by atoms with Gasteiger partial charge in [-0.2, -0.15) is 0 Å². The molecule has 0 amide bonds. The Hall–Kier alpha value is -0.970. The first-order valence-electron chi connectivity index (χ1n) is 6.60. The van der Waals surface area contributed by atoms with Gasteiger partial charge in [0.05, 0.1) is 24.1 Å². The van der Waals surface area contributed by atoms with E-state index in [9.17, 15) is 9.90 Å². The summed E-state index contributed by atoms with van der Waals surface area (Å²) in [6.45, 7) is 6.50. The summed E-state index contributed by atoms with van der Waals surface area (Å²) in [7, 11) is 0. The van der Waals surface area contributed by atoms with Gasteiger partial charge in [0.15, 0.2) is 0 Å². The zero-order chi connectivity index (χ0) is 15.4. The molecule has 0 spiro atoms. The number of aliphatic carboxylic acids is 1. The largest absolute Gasteiger partial charge is 0.546 e. The molecule has 0 aromatic heterocycles. The second-order valence-corrected chi connectivity index (χ2v) is 4.95. The Morgan fingerprint density at radius 1 is 1.25 bits per heavy atom. The lowest BCUT2D eigenvalue weighted by Gasteiger charge is -2.07. The Morgan fingerprint density at radius 3 is 2.30 bits per heavy atom. The number of carboxylic acids is 1. The first-order chi connectivity index (χ1) is 9.51. The SMILES string of the molecule is CCC[NH2+]CCC.O=C([O-])COc1ccc(Cl)cc1Cl. The van der Waals surface area contributed by atoms with Crippen LogP contribution in [0.5, 0.6) is 5.75 Å². The van der Waals surface area contributed by atoms with Crippen LogP contribution in [0.4, 0.5) is 0 Å². The van der Waals surface area contributed by atoms with Gasteiger partial charge < -0.3 is 20.0 Å². The quantitative estimate of drug-likeness (QED) is 0.774. The van der Waals surface area contributed by atoms with Crippen LogP contribution < -0.4 is 15.2 Å². The third kappa shape index (κ3) is 9.89. The van der Waals surface area contributed by atoms with Crippen LogP contribution in [0.1, 0.15) is 26.7 Å². The van der Waals surface area contributed by atoms with Crippen LogP contribution >= 0.6 is 23.2 Å². The average Bonchev–Trinajstić information content (AvgIpc) is 2.39. The number of quaternary nitrogens is 1. The van der Waals surface area contributed by atoms with E-state index < -0.39 is 12.6 Å². The Balaban J connectivity index is 0.000000441. The van der Waals surface area contributed by atoms with Gasteiger partial charge in [-0.15, -0.1) is 0 Å². The molecule has 114 valence electrons. The molecule has 0 saturated heterocycles. The summed E-state index contributed by atoms with van der Waals surface area (Å²) in [4.78, 5) is 10.0. The molecular formula is C14H21Cl2NO3. The highest BCUT2D eigenvalue weighted by Gasteiger charge is 2.01. The van der Waals surface area contributed by atoms with Crippen LogP contribution in [0.3, 0.4) is 0 Å². The average molecular weight is 322 g/mol. The molecule has 2 N–H and O–H groups in total. The van der Waals surface area contributed by atoms with E-state index in [-0.39, 0.29) is 10.8 Å². The minimum Gasteiger partial charge on any atom is -0.546 e. The van der Waals surface area contributed by atoms with Crippen molar-refractivity contribution in [1.29, 1.82) is 0 Å². The molecule has 0 bridgehead atoms. The monoisotopic (exact) mass is 321 g/mol. The van der Waals surface area contributed by atoms with Gasteiger partial charge in [-0.1, -0.05) is 37.0 Å². The molecule has 0 unspecified atom stereocenters. The zero-order valence-electron chi connectivity index (χ0n) is 11.8. The number of benzene rings is 1. The van der Waals surface area contributed by atoms with Crippen molar-refractivity contribution in [1.82, 2.24) is 0 Å². The van der Waals surface area contributed by atoms with E-state index in [0.717, 1.165) is 0 Å². The summed E-state index contributed by atoms with van der Waals surface area (Å²) < 4.78 is 4.80. The van der Waals surface area contributed by atoms with Crippen LogP contribution in [0.15, 0.2) is 18.2 Å². The smallest absolute Gasteiger partial charge is 0.138 e. The van der Waals surface area contributed by atoms with Gasteiger partial charge >= 0.3 is 0 Å². The molecule has 0 radical (unpaired) electrons. The molecule has 0 atom stereocenters. The van der Waals surface area contributed by atoms with Gasteiger partial charge in [0.2, 0.25) is 0 Å². The molecule has 0 heterocycles. The van der Waals surface area contributed by atoms with Crippen LogP contribution in [0.25, 0.3) is 0 Å². The second-order valence-electron chi connectivity index (χ2n) is 4.10. The number of carboxylic acid groups (broad SMARTS) is 1. The summed E-state index contributed by atoms with van der Waals surface area (Å²) in [5, 5.41) is 13.1. The van der Waals surface area contributed by atoms with Gasteiger partial charge in [-0.25, -0.2) is 0 Å². The highest BCUT2D eigenvalue weighted by atomic mass is 35.5. The predicted molar refractivity (Wildman–Crippen MR) is 79.2 cm³/mol. The zero-order valence-corrected chi connectivity index (χ0v) is 13.3. The molecule has 0 fully saturated rings. The number of halogens is 2. The highest BCUT2D eigenvalue weighted by molar-refractivity contribution is 6.35. The van der Waals surface area contributed by atoms with E-state index in [1.165, 1.54) is 38.1 Å². The molecule has 1 aromatic rings. The Bertz CT molecular complexity index is 396. The summed E-state index contributed by atoms with van der Waals surface area (Å²) >= 11 is 11.3. The third-order valence-electron chi connectivity index (χ3n) is 2.23.